The Bertz CT molecular complexity index is 711. The van der Waals surface area contributed by atoms with Crippen LogP contribution in [0.2, 0.25) is 0 Å². The number of rotatable bonds is 21. The third kappa shape index (κ3) is 15.1. The van der Waals surface area contributed by atoms with E-state index in [1.165, 1.54) is 32.1 Å². The first kappa shape index (κ1) is 35.4. The van der Waals surface area contributed by atoms with Crippen LogP contribution in [0.15, 0.2) is 36.5 Å². The van der Waals surface area contributed by atoms with Crippen LogP contribution in [-0.2, 0) is 14.3 Å². The second kappa shape index (κ2) is 22.1. The van der Waals surface area contributed by atoms with E-state index < -0.39 is 49.5 Å². The summed E-state index contributed by atoms with van der Waals surface area (Å²) in [4.78, 5) is 12.2. The quantitative estimate of drug-likeness (QED) is 0.0935. The van der Waals surface area contributed by atoms with E-state index in [2.05, 4.69) is 36.5 Å². The van der Waals surface area contributed by atoms with E-state index in [1.807, 2.05) is 13.0 Å². The third-order valence-corrected chi connectivity index (χ3v) is 6.67. The van der Waals surface area contributed by atoms with Gasteiger partial charge < -0.3 is 40.3 Å². The number of hydrogen-bond donors (Lipinski definition) is 6. The summed E-state index contributed by atoms with van der Waals surface area (Å²) in [6, 6.07) is -0.818. The van der Waals surface area contributed by atoms with Crippen LogP contribution < -0.4 is 5.32 Å². The van der Waals surface area contributed by atoms with Crippen molar-refractivity contribution in [2.24, 2.45) is 0 Å². The summed E-state index contributed by atoms with van der Waals surface area (Å²) in [6.07, 6.45) is 16.4. The lowest BCUT2D eigenvalue weighted by Crippen LogP contribution is -2.60. The molecule has 0 spiro atoms. The fourth-order valence-corrected chi connectivity index (χ4v) is 4.23. The Morgan fingerprint density at radius 1 is 0.846 bits per heavy atom. The summed E-state index contributed by atoms with van der Waals surface area (Å²) in [5.74, 6) is -0.249. The summed E-state index contributed by atoms with van der Waals surface area (Å²) in [7, 11) is 0. The molecule has 1 rings (SSSR count). The van der Waals surface area contributed by atoms with E-state index in [0.29, 0.717) is 6.42 Å². The first-order valence-electron chi connectivity index (χ1n) is 14.7. The van der Waals surface area contributed by atoms with Crippen LogP contribution in [0.5, 0.6) is 0 Å². The lowest BCUT2D eigenvalue weighted by atomic mass is 9.99. The average Bonchev–Trinajstić information content (AvgIpc) is 2.92. The van der Waals surface area contributed by atoms with Gasteiger partial charge in [-0.05, 0) is 44.9 Å². The van der Waals surface area contributed by atoms with Crippen molar-refractivity contribution < 1.29 is 39.8 Å². The Balaban J connectivity index is 2.44. The number of aliphatic hydroxyl groups is 5. The third-order valence-electron chi connectivity index (χ3n) is 6.67. The van der Waals surface area contributed by atoms with Crippen molar-refractivity contribution >= 4 is 5.91 Å². The molecule has 1 heterocycles. The molecular weight excluding hydrogens is 502 g/mol. The molecule has 1 amide bonds. The molecule has 7 unspecified atom stereocenters. The highest BCUT2D eigenvalue weighted by Gasteiger charge is 2.44. The molecule has 0 saturated carbocycles. The summed E-state index contributed by atoms with van der Waals surface area (Å²) in [5.41, 5.74) is 0. The van der Waals surface area contributed by atoms with Crippen molar-refractivity contribution in [1.82, 2.24) is 5.32 Å². The molecule has 6 N–H and O–H groups in total. The van der Waals surface area contributed by atoms with Gasteiger partial charge in [-0.25, -0.2) is 0 Å². The van der Waals surface area contributed by atoms with Gasteiger partial charge in [-0.1, -0.05) is 76.0 Å². The Hall–Kier alpha value is -1.59. The van der Waals surface area contributed by atoms with Crippen molar-refractivity contribution in [2.45, 2.75) is 134 Å². The van der Waals surface area contributed by atoms with Crippen LogP contribution in [0.3, 0.4) is 0 Å². The molecule has 1 saturated heterocycles. The van der Waals surface area contributed by atoms with Crippen LogP contribution in [0, 0.1) is 0 Å². The lowest BCUT2D eigenvalue weighted by Gasteiger charge is -2.40. The Morgan fingerprint density at radius 2 is 1.46 bits per heavy atom. The summed E-state index contributed by atoms with van der Waals surface area (Å²) < 4.78 is 10.9. The van der Waals surface area contributed by atoms with Crippen molar-refractivity contribution in [3.8, 4) is 0 Å². The number of allylic oxidation sites excluding steroid dienone is 5. The maximum Gasteiger partial charge on any atom is 0.220 e. The lowest BCUT2D eigenvalue weighted by molar-refractivity contribution is -0.302. The number of carbonyl (C=O) groups is 1. The fraction of sp³-hybridized carbons (Fsp3) is 0.767. The molecule has 0 bridgehead atoms. The van der Waals surface area contributed by atoms with Crippen molar-refractivity contribution in [1.29, 1.82) is 0 Å². The average molecular weight is 556 g/mol. The van der Waals surface area contributed by atoms with Crippen molar-refractivity contribution in [2.75, 3.05) is 13.2 Å². The van der Waals surface area contributed by atoms with E-state index in [1.54, 1.807) is 6.08 Å². The molecule has 0 radical (unpaired) electrons. The van der Waals surface area contributed by atoms with Gasteiger partial charge >= 0.3 is 0 Å². The number of unbranched alkanes of at least 4 members (excludes halogenated alkanes) is 7. The van der Waals surface area contributed by atoms with Gasteiger partial charge in [-0.15, -0.1) is 0 Å². The second-order valence-electron chi connectivity index (χ2n) is 10.2. The largest absolute Gasteiger partial charge is 0.394 e. The maximum absolute atomic E-state index is 12.2. The topological polar surface area (TPSA) is 149 Å². The van der Waals surface area contributed by atoms with Crippen molar-refractivity contribution in [3.63, 3.8) is 0 Å². The first-order valence-corrected chi connectivity index (χ1v) is 14.7. The van der Waals surface area contributed by atoms with Gasteiger partial charge in [0.1, 0.15) is 24.4 Å². The van der Waals surface area contributed by atoms with Gasteiger partial charge in [0.2, 0.25) is 5.91 Å². The molecule has 9 nitrogen and oxygen atoms in total. The number of ether oxygens (including phenoxy) is 2. The van der Waals surface area contributed by atoms with Crippen LogP contribution in [0.1, 0.15) is 90.9 Å². The maximum atomic E-state index is 12.2. The Labute approximate surface area is 234 Å². The predicted molar refractivity (Wildman–Crippen MR) is 152 cm³/mol. The standard InChI is InChI=1S/C30H53NO8/c1-3-5-6-7-8-9-10-11-12-13-14-15-16-17-18-20-24(33)23(31-26(34)19-4-2)22-38-30-29(37)28(36)27(35)25(21-32)39-30/h10-11,14-15,18,20,23-25,27-30,32-33,35-37H,3-9,12-13,16-17,19,21-22H2,1-2H3,(H,31,34)/b11-10+,15-14+,20-18+. The molecule has 0 aromatic rings. The molecule has 1 aliphatic rings. The number of hydrogen-bond acceptors (Lipinski definition) is 8. The molecule has 1 aliphatic heterocycles. The zero-order valence-corrected chi connectivity index (χ0v) is 23.9. The van der Waals surface area contributed by atoms with Gasteiger partial charge in [0.05, 0.1) is 25.4 Å². The van der Waals surface area contributed by atoms with E-state index in [0.717, 1.165) is 32.1 Å². The number of carbonyl (C=O) groups excluding carboxylic acids is 1. The molecule has 7 atom stereocenters. The fourth-order valence-electron chi connectivity index (χ4n) is 4.23. The van der Waals surface area contributed by atoms with E-state index in [9.17, 15) is 30.3 Å². The molecular formula is C30H53NO8. The van der Waals surface area contributed by atoms with E-state index in [-0.39, 0.29) is 18.9 Å². The van der Waals surface area contributed by atoms with Crippen LogP contribution >= 0.6 is 0 Å². The van der Waals surface area contributed by atoms with Crippen LogP contribution in [0.4, 0.5) is 0 Å². The van der Waals surface area contributed by atoms with Crippen molar-refractivity contribution in [3.05, 3.63) is 36.5 Å². The number of amides is 1. The number of nitrogens with one attached hydrogen (secondary N) is 1. The minimum atomic E-state index is -1.57. The molecule has 9 heteroatoms. The predicted octanol–water partition coefficient (Wildman–Crippen LogP) is 3.04. The van der Waals surface area contributed by atoms with Gasteiger partial charge in [0.25, 0.3) is 0 Å². The number of aliphatic hydroxyl groups excluding tert-OH is 5. The molecule has 0 aliphatic carbocycles. The van der Waals surface area contributed by atoms with Gasteiger partial charge in [0.15, 0.2) is 6.29 Å². The molecule has 0 aromatic heterocycles. The molecule has 1 fully saturated rings. The zero-order valence-electron chi connectivity index (χ0n) is 23.9. The highest BCUT2D eigenvalue weighted by Crippen LogP contribution is 2.22. The van der Waals surface area contributed by atoms with Gasteiger partial charge in [-0.3, -0.25) is 4.79 Å². The SMILES string of the molecule is CCCCCCC/C=C/CC/C=C/CC/C=C/C(O)C(COC1OC(CO)C(O)C(O)C1O)NC(=O)CCC. The monoisotopic (exact) mass is 555 g/mol. The summed E-state index contributed by atoms with van der Waals surface area (Å²) in [5, 5.41) is 52.8. The molecule has 226 valence electrons. The van der Waals surface area contributed by atoms with Gasteiger partial charge in [-0.2, -0.15) is 0 Å². The molecule has 39 heavy (non-hydrogen) atoms. The van der Waals surface area contributed by atoms with Crippen LogP contribution in [-0.4, -0.2) is 87.5 Å². The Kier molecular flexibility index (Phi) is 20.1. The normalized spacial score (nSPS) is 25.6. The van der Waals surface area contributed by atoms with E-state index >= 15 is 0 Å². The highest BCUT2D eigenvalue weighted by atomic mass is 16.7. The zero-order chi connectivity index (χ0) is 28.9. The summed E-state index contributed by atoms with van der Waals surface area (Å²) >= 11 is 0. The highest BCUT2D eigenvalue weighted by molar-refractivity contribution is 5.76. The van der Waals surface area contributed by atoms with Crippen LogP contribution in [0.25, 0.3) is 0 Å². The summed E-state index contributed by atoms with van der Waals surface area (Å²) in [6.45, 7) is 3.32. The van der Waals surface area contributed by atoms with E-state index in [4.69, 9.17) is 9.47 Å². The first-order chi connectivity index (χ1) is 18.8. The second-order valence-corrected chi connectivity index (χ2v) is 10.2. The molecule has 0 aromatic carbocycles. The Morgan fingerprint density at radius 3 is 2.08 bits per heavy atom. The minimum absolute atomic E-state index is 0.212. The minimum Gasteiger partial charge on any atom is -0.394 e. The smallest absolute Gasteiger partial charge is 0.220 e. The van der Waals surface area contributed by atoms with Gasteiger partial charge in [0, 0.05) is 6.42 Å².